The van der Waals surface area contributed by atoms with Crippen molar-refractivity contribution in [2.45, 2.75) is 30.5 Å². The van der Waals surface area contributed by atoms with Crippen molar-refractivity contribution in [1.82, 2.24) is 4.90 Å². The zero-order valence-electron chi connectivity index (χ0n) is 11.5. The van der Waals surface area contributed by atoms with Gasteiger partial charge in [0, 0.05) is 16.7 Å². The molecule has 4 heteroatoms. The van der Waals surface area contributed by atoms with Gasteiger partial charge in [-0.3, -0.25) is 9.69 Å². The van der Waals surface area contributed by atoms with Crippen molar-refractivity contribution in [3.63, 3.8) is 0 Å². The normalized spacial score (nSPS) is 11.0. The minimum absolute atomic E-state index is 0.204. The third kappa shape index (κ3) is 5.56. The Bertz CT molecular complexity index is 376. The lowest BCUT2D eigenvalue weighted by molar-refractivity contribution is -0.141. The number of hydrogen-bond acceptors (Lipinski definition) is 4. The van der Waals surface area contributed by atoms with Gasteiger partial charge in [0.2, 0.25) is 0 Å². The van der Waals surface area contributed by atoms with Crippen LogP contribution < -0.4 is 0 Å². The van der Waals surface area contributed by atoms with E-state index in [0.29, 0.717) is 11.8 Å². The van der Waals surface area contributed by atoms with Gasteiger partial charge in [-0.15, -0.1) is 11.8 Å². The molecule has 0 radical (unpaired) electrons. The summed E-state index contributed by atoms with van der Waals surface area (Å²) in [7, 11) is 3.32. The summed E-state index contributed by atoms with van der Waals surface area (Å²) in [5, 5.41) is 0.595. The molecule has 1 rings (SSSR count). The molecule has 0 aliphatic rings. The van der Waals surface area contributed by atoms with E-state index in [1.54, 1.807) is 0 Å². The highest BCUT2D eigenvalue weighted by molar-refractivity contribution is 7.99. The smallest absolute Gasteiger partial charge is 0.319 e. The average molecular weight is 267 g/mol. The summed E-state index contributed by atoms with van der Waals surface area (Å²) in [5.41, 5.74) is 1.20. The van der Waals surface area contributed by atoms with Gasteiger partial charge in [0.1, 0.15) is 0 Å². The Hall–Kier alpha value is -1.00. The van der Waals surface area contributed by atoms with Gasteiger partial charge in [-0.1, -0.05) is 26.0 Å². The molecule has 0 aliphatic carbocycles. The molecule has 0 N–H and O–H groups in total. The molecule has 0 aromatic heterocycles. The minimum Gasteiger partial charge on any atom is -0.468 e. The molecule has 0 spiro atoms. The molecule has 100 valence electrons. The van der Waals surface area contributed by atoms with Gasteiger partial charge in [0.15, 0.2) is 0 Å². The van der Waals surface area contributed by atoms with Crippen molar-refractivity contribution < 1.29 is 9.53 Å². The van der Waals surface area contributed by atoms with E-state index in [4.69, 9.17) is 0 Å². The first kappa shape index (κ1) is 15.1. The second-order valence-corrected chi connectivity index (χ2v) is 6.21. The Labute approximate surface area is 114 Å². The Morgan fingerprint density at radius 2 is 1.94 bits per heavy atom. The van der Waals surface area contributed by atoms with Crippen molar-refractivity contribution in [3.8, 4) is 0 Å². The van der Waals surface area contributed by atoms with E-state index in [2.05, 4.69) is 42.8 Å². The summed E-state index contributed by atoms with van der Waals surface area (Å²) in [5.74, 6) is -0.204. The van der Waals surface area contributed by atoms with Crippen LogP contribution in [0.1, 0.15) is 19.4 Å². The van der Waals surface area contributed by atoms with Crippen molar-refractivity contribution >= 4 is 17.7 Å². The molecule has 0 saturated heterocycles. The van der Waals surface area contributed by atoms with Gasteiger partial charge in [-0.2, -0.15) is 0 Å². The van der Waals surface area contributed by atoms with Gasteiger partial charge < -0.3 is 4.74 Å². The molecule has 0 amide bonds. The molecular weight excluding hydrogens is 246 g/mol. The zero-order valence-corrected chi connectivity index (χ0v) is 12.3. The minimum atomic E-state index is -0.204. The van der Waals surface area contributed by atoms with Crippen LogP contribution in [0.3, 0.4) is 0 Å². The number of ether oxygens (including phenoxy) is 1. The van der Waals surface area contributed by atoms with Gasteiger partial charge >= 0.3 is 5.97 Å². The maximum absolute atomic E-state index is 11.1. The van der Waals surface area contributed by atoms with Crippen LogP contribution in [0, 0.1) is 0 Å². The van der Waals surface area contributed by atoms with Crippen LogP contribution in [0.25, 0.3) is 0 Å². The van der Waals surface area contributed by atoms with Crippen molar-refractivity contribution in [2.24, 2.45) is 0 Å². The first-order valence-electron chi connectivity index (χ1n) is 6.02. The van der Waals surface area contributed by atoms with E-state index in [1.165, 1.54) is 17.6 Å². The third-order valence-corrected chi connectivity index (χ3v) is 3.39. The highest BCUT2D eigenvalue weighted by Gasteiger charge is 2.07. The van der Waals surface area contributed by atoms with Crippen LogP contribution in [-0.2, 0) is 16.1 Å². The van der Waals surface area contributed by atoms with Gasteiger partial charge in [0.05, 0.1) is 13.7 Å². The Morgan fingerprint density at radius 3 is 2.44 bits per heavy atom. The van der Waals surface area contributed by atoms with Crippen LogP contribution in [0.5, 0.6) is 0 Å². The summed E-state index contributed by atoms with van der Waals surface area (Å²) < 4.78 is 4.64. The molecule has 0 aliphatic heterocycles. The van der Waals surface area contributed by atoms with Gasteiger partial charge in [0.25, 0.3) is 0 Å². The summed E-state index contributed by atoms with van der Waals surface area (Å²) in [6, 6.07) is 8.48. The number of rotatable bonds is 6. The quantitative estimate of drug-likeness (QED) is 0.585. The number of methoxy groups -OCH3 is 1. The monoisotopic (exact) mass is 267 g/mol. The predicted molar refractivity (Wildman–Crippen MR) is 75.8 cm³/mol. The number of likely N-dealkylation sites (N-methyl/N-ethyl adjacent to an activating group) is 1. The maximum Gasteiger partial charge on any atom is 0.319 e. The number of esters is 1. The molecule has 0 fully saturated rings. The standard InChI is InChI=1S/C14H21NO2S/c1-11(2)18-13-7-5-12(6-8-13)9-15(3)10-14(16)17-4/h5-8,11H,9-10H2,1-4H3. The lowest BCUT2D eigenvalue weighted by Crippen LogP contribution is -2.26. The second-order valence-electron chi connectivity index (χ2n) is 4.56. The number of carbonyl (C=O) groups excluding carboxylic acids is 1. The van der Waals surface area contributed by atoms with Crippen LogP contribution in [0.2, 0.25) is 0 Å². The molecule has 1 aromatic carbocycles. The Balaban J connectivity index is 2.50. The largest absolute Gasteiger partial charge is 0.468 e. The fourth-order valence-electron chi connectivity index (χ4n) is 1.60. The number of nitrogens with zero attached hydrogens (tertiary/aromatic N) is 1. The summed E-state index contributed by atoms with van der Waals surface area (Å²) >= 11 is 1.85. The lowest BCUT2D eigenvalue weighted by atomic mass is 10.2. The molecule has 1 aromatic rings. The van der Waals surface area contributed by atoms with Crippen LogP contribution in [-0.4, -0.2) is 36.8 Å². The summed E-state index contributed by atoms with van der Waals surface area (Å²) in [6.07, 6.45) is 0. The van der Waals surface area contributed by atoms with E-state index >= 15 is 0 Å². The predicted octanol–water partition coefficient (Wildman–Crippen LogP) is 2.79. The number of thioether (sulfide) groups is 1. The second kappa shape index (κ2) is 7.44. The van der Waals surface area contributed by atoms with E-state index in [9.17, 15) is 4.79 Å². The van der Waals surface area contributed by atoms with E-state index < -0.39 is 0 Å². The molecule has 0 heterocycles. The molecule has 18 heavy (non-hydrogen) atoms. The fourth-order valence-corrected chi connectivity index (χ4v) is 2.44. The third-order valence-electron chi connectivity index (χ3n) is 2.37. The zero-order chi connectivity index (χ0) is 13.5. The van der Waals surface area contributed by atoms with E-state index in [1.807, 2.05) is 23.7 Å². The molecule has 0 atom stereocenters. The number of carbonyl (C=O) groups is 1. The van der Waals surface area contributed by atoms with E-state index in [-0.39, 0.29) is 5.97 Å². The highest BCUT2D eigenvalue weighted by Crippen LogP contribution is 2.23. The van der Waals surface area contributed by atoms with Crippen molar-refractivity contribution in [2.75, 3.05) is 20.7 Å². The molecular formula is C14H21NO2S. The van der Waals surface area contributed by atoms with Crippen LogP contribution in [0.4, 0.5) is 0 Å². The molecule has 0 unspecified atom stereocenters. The first-order chi connectivity index (χ1) is 8.51. The lowest BCUT2D eigenvalue weighted by Gasteiger charge is -2.15. The van der Waals surface area contributed by atoms with Gasteiger partial charge in [-0.05, 0) is 24.7 Å². The van der Waals surface area contributed by atoms with Crippen molar-refractivity contribution in [3.05, 3.63) is 29.8 Å². The Kier molecular flexibility index (Phi) is 6.22. The number of hydrogen-bond donors (Lipinski definition) is 0. The SMILES string of the molecule is COC(=O)CN(C)Cc1ccc(SC(C)C)cc1. The molecule has 3 nitrogen and oxygen atoms in total. The fraction of sp³-hybridized carbons (Fsp3) is 0.500. The summed E-state index contributed by atoms with van der Waals surface area (Å²) in [6.45, 7) is 5.44. The molecule has 0 saturated carbocycles. The van der Waals surface area contributed by atoms with Crippen LogP contribution >= 0.6 is 11.8 Å². The van der Waals surface area contributed by atoms with Crippen molar-refractivity contribution in [1.29, 1.82) is 0 Å². The topological polar surface area (TPSA) is 29.5 Å². The van der Waals surface area contributed by atoms with E-state index in [0.717, 1.165) is 6.54 Å². The Morgan fingerprint density at radius 1 is 1.33 bits per heavy atom. The highest BCUT2D eigenvalue weighted by atomic mass is 32.2. The first-order valence-corrected chi connectivity index (χ1v) is 6.90. The maximum atomic E-state index is 11.1. The number of benzene rings is 1. The summed E-state index contributed by atoms with van der Waals surface area (Å²) in [4.78, 5) is 14.3. The van der Waals surface area contributed by atoms with Gasteiger partial charge in [-0.25, -0.2) is 0 Å². The molecule has 0 bridgehead atoms. The van der Waals surface area contributed by atoms with Crippen LogP contribution in [0.15, 0.2) is 29.2 Å². The average Bonchev–Trinajstić information content (AvgIpc) is 2.30.